The van der Waals surface area contributed by atoms with Gasteiger partial charge in [-0.2, -0.15) is 0 Å². The molecule has 0 unspecified atom stereocenters. The zero-order chi connectivity index (χ0) is 17.4. The molecule has 0 radical (unpaired) electrons. The first-order chi connectivity index (χ1) is 11.6. The summed E-state index contributed by atoms with van der Waals surface area (Å²) in [7, 11) is 0. The summed E-state index contributed by atoms with van der Waals surface area (Å²) in [6, 6.07) is 12.8. The minimum Gasteiger partial charge on any atom is -0.445 e. The standard InChI is InChI=1S/C18H18Cl2N2O2/c19-16-10-14(21)11-17(20)15(16)8-4-5-9-22-18(23)24-12-13-6-2-1-3-7-13/h1-4,6-8,10-11H,5,9,12,21H2,(H,22,23). The molecule has 0 aliphatic rings. The average molecular weight is 365 g/mol. The smallest absolute Gasteiger partial charge is 0.407 e. The molecular formula is C18H18Cl2N2O2. The normalized spacial score (nSPS) is 10.8. The lowest BCUT2D eigenvalue weighted by Crippen LogP contribution is -2.24. The third-order valence-electron chi connectivity index (χ3n) is 3.18. The number of nitrogen functional groups attached to an aromatic ring is 1. The summed E-state index contributed by atoms with van der Waals surface area (Å²) in [4.78, 5) is 11.6. The van der Waals surface area contributed by atoms with Crippen molar-refractivity contribution in [3.63, 3.8) is 0 Å². The van der Waals surface area contributed by atoms with E-state index in [0.29, 0.717) is 34.3 Å². The molecular weight excluding hydrogens is 347 g/mol. The molecule has 0 spiro atoms. The van der Waals surface area contributed by atoms with E-state index in [-0.39, 0.29) is 6.61 Å². The topological polar surface area (TPSA) is 64.3 Å². The van der Waals surface area contributed by atoms with Crippen LogP contribution in [0.25, 0.3) is 6.08 Å². The predicted molar refractivity (Wildman–Crippen MR) is 99.2 cm³/mol. The number of rotatable bonds is 6. The van der Waals surface area contributed by atoms with Gasteiger partial charge in [0.05, 0.1) is 10.0 Å². The van der Waals surface area contributed by atoms with Crippen molar-refractivity contribution in [1.82, 2.24) is 5.32 Å². The molecule has 0 aromatic heterocycles. The molecule has 0 saturated heterocycles. The highest BCUT2D eigenvalue weighted by molar-refractivity contribution is 6.37. The van der Waals surface area contributed by atoms with E-state index in [0.717, 1.165) is 5.56 Å². The molecule has 126 valence electrons. The van der Waals surface area contributed by atoms with E-state index in [1.54, 1.807) is 18.2 Å². The van der Waals surface area contributed by atoms with E-state index in [9.17, 15) is 4.79 Å². The zero-order valence-electron chi connectivity index (χ0n) is 13.0. The van der Waals surface area contributed by atoms with Gasteiger partial charge in [0.1, 0.15) is 6.61 Å². The second-order valence-corrected chi connectivity index (χ2v) is 5.89. The molecule has 0 aliphatic heterocycles. The molecule has 0 bridgehead atoms. The van der Waals surface area contributed by atoms with Gasteiger partial charge in [0, 0.05) is 17.8 Å². The number of alkyl carbamates (subject to hydrolysis) is 1. The third-order valence-corrected chi connectivity index (χ3v) is 3.80. The van der Waals surface area contributed by atoms with Gasteiger partial charge in [-0.25, -0.2) is 4.79 Å². The van der Waals surface area contributed by atoms with Crippen LogP contribution in [0, 0.1) is 0 Å². The van der Waals surface area contributed by atoms with Crippen molar-refractivity contribution in [1.29, 1.82) is 0 Å². The maximum Gasteiger partial charge on any atom is 0.407 e. The van der Waals surface area contributed by atoms with E-state index < -0.39 is 6.09 Å². The summed E-state index contributed by atoms with van der Waals surface area (Å²) in [6.07, 6.45) is 3.86. The molecule has 6 heteroatoms. The Morgan fingerprint density at radius 3 is 2.50 bits per heavy atom. The van der Waals surface area contributed by atoms with Crippen LogP contribution in [0.3, 0.4) is 0 Å². The zero-order valence-corrected chi connectivity index (χ0v) is 14.5. The summed E-state index contributed by atoms with van der Waals surface area (Å²) in [5.74, 6) is 0. The Bertz CT molecular complexity index is 695. The average Bonchev–Trinajstić information content (AvgIpc) is 2.55. The van der Waals surface area contributed by atoms with Crippen molar-refractivity contribution in [3.05, 3.63) is 69.7 Å². The van der Waals surface area contributed by atoms with Crippen LogP contribution < -0.4 is 11.1 Å². The van der Waals surface area contributed by atoms with E-state index >= 15 is 0 Å². The highest BCUT2D eigenvalue weighted by Gasteiger charge is 2.04. The van der Waals surface area contributed by atoms with E-state index in [2.05, 4.69) is 5.32 Å². The van der Waals surface area contributed by atoms with Crippen molar-refractivity contribution < 1.29 is 9.53 Å². The lowest BCUT2D eigenvalue weighted by Gasteiger charge is -2.06. The van der Waals surface area contributed by atoms with Crippen molar-refractivity contribution in [2.24, 2.45) is 0 Å². The number of benzene rings is 2. The molecule has 0 fully saturated rings. The molecule has 4 nitrogen and oxygen atoms in total. The number of amides is 1. The van der Waals surface area contributed by atoms with Crippen LogP contribution in [0.5, 0.6) is 0 Å². The lowest BCUT2D eigenvalue weighted by atomic mass is 10.2. The number of halogens is 2. The van der Waals surface area contributed by atoms with Gasteiger partial charge < -0.3 is 15.8 Å². The number of nitrogens with two attached hydrogens (primary N) is 1. The van der Waals surface area contributed by atoms with E-state index in [1.807, 2.05) is 36.4 Å². The number of carbonyl (C=O) groups is 1. The molecule has 3 N–H and O–H groups in total. The van der Waals surface area contributed by atoms with Crippen LogP contribution in [0.1, 0.15) is 17.5 Å². The highest BCUT2D eigenvalue weighted by Crippen LogP contribution is 2.28. The fourth-order valence-electron chi connectivity index (χ4n) is 2.00. The Kier molecular flexibility index (Phi) is 6.97. The Hall–Kier alpha value is -2.17. The van der Waals surface area contributed by atoms with Gasteiger partial charge >= 0.3 is 6.09 Å². The summed E-state index contributed by atoms with van der Waals surface area (Å²) in [5, 5.41) is 3.66. The van der Waals surface area contributed by atoms with Crippen LogP contribution in [-0.2, 0) is 11.3 Å². The Morgan fingerprint density at radius 2 is 1.83 bits per heavy atom. The molecule has 2 aromatic carbocycles. The first kappa shape index (κ1) is 18.2. The minimum absolute atomic E-state index is 0.249. The Balaban J connectivity index is 1.72. The summed E-state index contributed by atoms with van der Waals surface area (Å²) < 4.78 is 5.11. The van der Waals surface area contributed by atoms with Crippen LogP contribution in [0.2, 0.25) is 10.0 Å². The number of ether oxygens (including phenoxy) is 1. The van der Waals surface area contributed by atoms with Crippen molar-refractivity contribution in [2.75, 3.05) is 12.3 Å². The highest BCUT2D eigenvalue weighted by atomic mass is 35.5. The van der Waals surface area contributed by atoms with E-state index in [1.165, 1.54) is 0 Å². The summed E-state index contributed by atoms with van der Waals surface area (Å²) >= 11 is 12.2. The number of hydrogen-bond acceptors (Lipinski definition) is 3. The number of carbonyl (C=O) groups excluding carboxylic acids is 1. The van der Waals surface area contributed by atoms with Gasteiger partial charge in [-0.05, 0) is 24.1 Å². The minimum atomic E-state index is -0.448. The largest absolute Gasteiger partial charge is 0.445 e. The predicted octanol–water partition coefficient (Wildman–Crippen LogP) is 4.91. The lowest BCUT2D eigenvalue weighted by molar-refractivity contribution is 0.140. The van der Waals surface area contributed by atoms with Gasteiger partial charge in [-0.3, -0.25) is 0 Å². The number of nitrogens with one attached hydrogen (secondary N) is 1. The second kappa shape index (κ2) is 9.21. The van der Waals surface area contributed by atoms with Gasteiger partial charge in [0.2, 0.25) is 0 Å². The Morgan fingerprint density at radius 1 is 1.17 bits per heavy atom. The number of hydrogen-bond donors (Lipinski definition) is 2. The van der Waals surface area contributed by atoms with Gasteiger partial charge in [-0.15, -0.1) is 0 Å². The summed E-state index contributed by atoms with van der Waals surface area (Å²) in [6.45, 7) is 0.702. The molecule has 24 heavy (non-hydrogen) atoms. The van der Waals surface area contributed by atoms with Crippen LogP contribution in [-0.4, -0.2) is 12.6 Å². The van der Waals surface area contributed by atoms with Gasteiger partial charge in [0.15, 0.2) is 0 Å². The maximum absolute atomic E-state index is 11.6. The quantitative estimate of drug-likeness (QED) is 0.565. The second-order valence-electron chi connectivity index (χ2n) is 5.08. The molecule has 0 saturated carbocycles. The van der Waals surface area contributed by atoms with Crippen molar-refractivity contribution in [2.45, 2.75) is 13.0 Å². The SMILES string of the molecule is Nc1cc(Cl)c(C=CCCNC(=O)OCc2ccccc2)c(Cl)c1. The molecule has 1 amide bonds. The van der Waals surface area contributed by atoms with Crippen LogP contribution in [0.4, 0.5) is 10.5 Å². The molecule has 2 rings (SSSR count). The van der Waals surface area contributed by atoms with E-state index in [4.69, 9.17) is 33.7 Å². The first-order valence-corrected chi connectivity index (χ1v) is 8.17. The molecule has 0 atom stereocenters. The number of anilines is 1. The van der Waals surface area contributed by atoms with Crippen LogP contribution >= 0.6 is 23.2 Å². The van der Waals surface area contributed by atoms with Crippen molar-refractivity contribution in [3.8, 4) is 0 Å². The Labute approximate surface area is 151 Å². The third kappa shape index (κ3) is 5.80. The maximum atomic E-state index is 11.6. The van der Waals surface area contributed by atoms with Gasteiger partial charge in [0.25, 0.3) is 0 Å². The fourth-order valence-corrected chi connectivity index (χ4v) is 2.63. The first-order valence-electron chi connectivity index (χ1n) is 7.42. The van der Waals surface area contributed by atoms with Gasteiger partial charge in [-0.1, -0.05) is 65.7 Å². The fraction of sp³-hybridized carbons (Fsp3) is 0.167. The van der Waals surface area contributed by atoms with Crippen molar-refractivity contribution >= 4 is 41.1 Å². The van der Waals surface area contributed by atoms with Crippen LogP contribution in [0.15, 0.2) is 48.5 Å². The summed E-state index contributed by atoms with van der Waals surface area (Å²) in [5.41, 5.74) is 7.82. The molecule has 0 heterocycles. The molecule has 0 aliphatic carbocycles. The molecule has 2 aromatic rings. The monoisotopic (exact) mass is 364 g/mol.